The van der Waals surface area contributed by atoms with Crippen LogP contribution in [0.4, 0.5) is 10.5 Å². The van der Waals surface area contributed by atoms with Gasteiger partial charge in [-0.3, -0.25) is 4.79 Å². The maximum absolute atomic E-state index is 11.5. The van der Waals surface area contributed by atoms with Gasteiger partial charge in [0.05, 0.1) is 19.6 Å². The molecular formula is C13H18N2O4. The van der Waals surface area contributed by atoms with E-state index in [0.29, 0.717) is 5.69 Å². The van der Waals surface area contributed by atoms with Gasteiger partial charge in [-0.25, -0.2) is 4.79 Å². The Morgan fingerprint density at radius 2 is 1.95 bits per heavy atom. The molecule has 6 nitrogen and oxygen atoms in total. The smallest absolute Gasteiger partial charge is 0.319 e. The van der Waals surface area contributed by atoms with E-state index in [1.807, 2.05) is 0 Å². The summed E-state index contributed by atoms with van der Waals surface area (Å²) in [5, 5.41) is 14.5. The van der Waals surface area contributed by atoms with Crippen molar-refractivity contribution < 1.29 is 19.4 Å². The normalized spacial score (nSPS) is 11.5. The number of aliphatic hydroxyl groups is 1. The molecule has 0 aliphatic rings. The Hall–Kier alpha value is -2.08. The van der Waals surface area contributed by atoms with Crippen molar-refractivity contribution in [3.05, 3.63) is 29.8 Å². The molecule has 1 unspecified atom stereocenters. The Morgan fingerprint density at radius 3 is 2.47 bits per heavy atom. The van der Waals surface area contributed by atoms with Crippen molar-refractivity contribution in [2.45, 2.75) is 19.4 Å². The maximum atomic E-state index is 11.5. The number of ether oxygens (including phenoxy) is 1. The van der Waals surface area contributed by atoms with Gasteiger partial charge in [-0.05, 0) is 24.6 Å². The predicted molar refractivity (Wildman–Crippen MR) is 70.7 cm³/mol. The number of benzene rings is 1. The highest BCUT2D eigenvalue weighted by molar-refractivity contribution is 5.89. The van der Waals surface area contributed by atoms with Crippen LogP contribution in [0.3, 0.4) is 0 Å². The lowest BCUT2D eigenvalue weighted by molar-refractivity contribution is -0.140. The Labute approximate surface area is 111 Å². The molecule has 3 N–H and O–H groups in total. The number of anilines is 1. The van der Waals surface area contributed by atoms with Gasteiger partial charge in [-0.2, -0.15) is 0 Å². The Balaban J connectivity index is 2.38. The van der Waals surface area contributed by atoms with Crippen LogP contribution in [0.5, 0.6) is 0 Å². The van der Waals surface area contributed by atoms with Crippen LogP contribution in [0.15, 0.2) is 24.3 Å². The molecule has 0 aliphatic heterocycles. The van der Waals surface area contributed by atoms with Crippen molar-refractivity contribution >= 4 is 17.7 Å². The highest BCUT2D eigenvalue weighted by Gasteiger charge is 2.05. The summed E-state index contributed by atoms with van der Waals surface area (Å²) in [5.41, 5.74) is 1.39. The van der Waals surface area contributed by atoms with Crippen molar-refractivity contribution in [3.63, 3.8) is 0 Å². The number of carbonyl (C=O) groups is 2. The first-order chi connectivity index (χ1) is 9.02. The second-order valence-electron chi connectivity index (χ2n) is 4.01. The second kappa shape index (κ2) is 7.38. The molecule has 0 aromatic heterocycles. The minimum atomic E-state index is -0.539. The van der Waals surface area contributed by atoms with E-state index in [9.17, 15) is 14.7 Å². The number of methoxy groups -OCH3 is 1. The van der Waals surface area contributed by atoms with Gasteiger partial charge in [0.25, 0.3) is 0 Å². The van der Waals surface area contributed by atoms with Crippen molar-refractivity contribution in [2.24, 2.45) is 0 Å². The largest absolute Gasteiger partial charge is 0.469 e. The lowest BCUT2D eigenvalue weighted by atomic mass is 10.1. The summed E-state index contributed by atoms with van der Waals surface area (Å²) < 4.78 is 4.45. The topological polar surface area (TPSA) is 87.7 Å². The molecule has 0 radical (unpaired) electrons. The zero-order valence-corrected chi connectivity index (χ0v) is 11.0. The Bertz CT molecular complexity index is 429. The van der Waals surface area contributed by atoms with Crippen molar-refractivity contribution in [3.8, 4) is 0 Å². The summed E-state index contributed by atoms with van der Waals surface area (Å²) >= 11 is 0. The monoisotopic (exact) mass is 266 g/mol. The van der Waals surface area contributed by atoms with Crippen LogP contribution in [0.2, 0.25) is 0 Å². The molecule has 0 bridgehead atoms. The van der Waals surface area contributed by atoms with Crippen molar-refractivity contribution in [1.29, 1.82) is 0 Å². The molecular weight excluding hydrogens is 248 g/mol. The van der Waals surface area contributed by atoms with Crippen molar-refractivity contribution in [1.82, 2.24) is 5.32 Å². The van der Waals surface area contributed by atoms with Gasteiger partial charge in [0.15, 0.2) is 0 Å². The highest BCUT2D eigenvalue weighted by Crippen LogP contribution is 2.15. The van der Waals surface area contributed by atoms with Gasteiger partial charge >= 0.3 is 12.0 Å². The fourth-order valence-corrected chi connectivity index (χ4v) is 1.40. The van der Waals surface area contributed by atoms with E-state index in [1.54, 1.807) is 31.2 Å². The standard InChI is InChI=1S/C13H18N2O4/c1-9(16)10-3-5-11(6-4-10)15-13(18)14-8-7-12(17)19-2/h3-6,9,16H,7-8H2,1-2H3,(H2,14,15,18). The summed E-state index contributed by atoms with van der Waals surface area (Å²) in [5.74, 6) is -0.374. The third-order valence-electron chi connectivity index (χ3n) is 2.49. The zero-order valence-electron chi connectivity index (χ0n) is 11.0. The predicted octanol–water partition coefficient (Wildman–Crippen LogP) is 1.42. The molecule has 6 heteroatoms. The molecule has 104 valence electrons. The van der Waals surface area contributed by atoms with E-state index < -0.39 is 12.1 Å². The number of amides is 2. The third kappa shape index (κ3) is 5.39. The molecule has 1 atom stereocenters. The summed E-state index contributed by atoms with van der Waals surface area (Å²) in [6, 6.07) is 6.46. The van der Waals surface area contributed by atoms with Crippen LogP contribution in [0.25, 0.3) is 0 Å². The van der Waals surface area contributed by atoms with E-state index >= 15 is 0 Å². The van der Waals surface area contributed by atoms with Gasteiger partial charge in [0.2, 0.25) is 0 Å². The average Bonchev–Trinajstić information content (AvgIpc) is 2.39. The Morgan fingerprint density at radius 1 is 1.32 bits per heavy atom. The number of hydrogen-bond acceptors (Lipinski definition) is 4. The summed E-state index contributed by atoms with van der Waals surface area (Å²) in [6.07, 6.45) is -0.409. The number of hydrogen-bond donors (Lipinski definition) is 3. The Kier molecular flexibility index (Phi) is 5.81. The number of aliphatic hydroxyl groups excluding tert-OH is 1. The number of carbonyl (C=O) groups excluding carboxylic acids is 2. The summed E-state index contributed by atoms with van der Waals surface area (Å²) in [7, 11) is 1.30. The minimum absolute atomic E-state index is 0.130. The number of urea groups is 1. The molecule has 1 aromatic carbocycles. The lowest BCUT2D eigenvalue weighted by Gasteiger charge is -2.09. The van der Waals surface area contributed by atoms with E-state index in [2.05, 4.69) is 15.4 Å². The van der Waals surface area contributed by atoms with E-state index in [4.69, 9.17) is 0 Å². The van der Waals surface area contributed by atoms with Gasteiger partial charge in [0.1, 0.15) is 0 Å². The molecule has 0 aliphatic carbocycles. The third-order valence-corrected chi connectivity index (χ3v) is 2.49. The molecule has 0 heterocycles. The van der Waals surface area contributed by atoms with E-state index in [-0.39, 0.29) is 18.9 Å². The van der Waals surface area contributed by atoms with Crippen LogP contribution in [0.1, 0.15) is 25.0 Å². The maximum Gasteiger partial charge on any atom is 0.319 e. The fourth-order valence-electron chi connectivity index (χ4n) is 1.40. The molecule has 19 heavy (non-hydrogen) atoms. The van der Waals surface area contributed by atoms with Gasteiger partial charge < -0.3 is 20.5 Å². The minimum Gasteiger partial charge on any atom is -0.469 e. The first-order valence-corrected chi connectivity index (χ1v) is 5.92. The van der Waals surface area contributed by atoms with E-state index in [0.717, 1.165) is 5.56 Å². The number of nitrogens with one attached hydrogen (secondary N) is 2. The lowest BCUT2D eigenvalue weighted by Crippen LogP contribution is -2.30. The fraction of sp³-hybridized carbons (Fsp3) is 0.385. The summed E-state index contributed by atoms with van der Waals surface area (Å²) in [4.78, 5) is 22.3. The highest BCUT2D eigenvalue weighted by atomic mass is 16.5. The quantitative estimate of drug-likeness (QED) is 0.703. The van der Waals surface area contributed by atoms with Gasteiger partial charge in [-0.15, -0.1) is 0 Å². The van der Waals surface area contributed by atoms with E-state index in [1.165, 1.54) is 7.11 Å². The SMILES string of the molecule is COC(=O)CCNC(=O)Nc1ccc(C(C)O)cc1. The average molecular weight is 266 g/mol. The molecule has 0 spiro atoms. The van der Waals surface area contributed by atoms with Crippen LogP contribution >= 0.6 is 0 Å². The first-order valence-electron chi connectivity index (χ1n) is 5.92. The second-order valence-corrected chi connectivity index (χ2v) is 4.01. The molecule has 1 rings (SSSR count). The summed E-state index contributed by atoms with van der Waals surface area (Å²) in [6.45, 7) is 1.88. The molecule has 2 amide bonds. The van der Waals surface area contributed by atoms with Crippen molar-refractivity contribution in [2.75, 3.05) is 19.0 Å². The number of rotatable bonds is 5. The van der Waals surface area contributed by atoms with Crippen LogP contribution in [-0.2, 0) is 9.53 Å². The van der Waals surface area contributed by atoms with Crippen LogP contribution in [-0.4, -0.2) is 30.8 Å². The molecule has 1 aromatic rings. The molecule has 0 fully saturated rings. The number of esters is 1. The molecule has 0 saturated heterocycles. The van der Waals surface area contributed by atoms with Gasteiger partial charge in [0, 0.05) is 12.2 Å². The van der Waals surface area contributed by atoms with Crippen LogP contribution in [0, 0.1) is 0 Å². The van der Waals surface area contributed by atoms with Crippen LogP contribution < -0.4 is 10.6 Å². The zero-order chi connectivity index (χ0) is 14.3. The van der Waals surface area contributed by atoms with Gasteiger partial charge in [-0.1, -0.05) is 12.1 Å². The first kappa shape index (κ1) is 15.0. The molecule has 0 saturated carbocycles.